The van der Waals surface area contributed by atoms with Gasteiger partial charge in [-0.05, 0) is 48.7 Å². The predicted molar refractivity (Wildman–Crippen MR) is 131 cm³/mol. The highest BCUT2D eigenvalue weighted by Gasteiger charge is 2.22. The van der Waals surface area contributed by atoms with E-state index in [0.717, 1.165) is 17.4 Å². The number of aryl methyl sites for hydroxylation is 1. The fraction of sp³-hybridized carbons (Fsp3) is 0.154. The summed E-state index contributed by atoms with van der Waals surface area (Å²) in [5.41, 5.74) is 3.00. The summed E-state index contributed by atoms with van der Waals surface area (Å²) in [6.45, 7) is 3.98. The van der Waals surface area contributed by atoms with Gasteiger partial charge in [0.15, 0.2) is 0 Å². The second-order valence-electron chi connectivity index (χ2n) is 7.78. The number of nitrogens with zero attached hydrogens (tertiary/aromatic N) is 1. The number of hydrogen-bond acceptors (Lipinski definition) is 4. The van der Waals surface area contributed by atoms with E-state index < -0.39 is 10.0 Å². The van der Waals surface area contributed by atoms with Crippen LogP contribution in [0.1, 0.15) is 41.4 Å². The summed E-state index contributed by atoms with van der Waals surface area (Å²) >= 11 is 0. The van der Waals surface area contributed by atoms with Gasteiger partial charge in [0, 0.05) is 11.6 Å². The third kappa shape index (κ3) is 4.88. The second-order valence-corrected chi connectivity index (χ2v) is 9.43. The minimum Gasteiger partial charge on any atom is -0.345 e. The van der Waals surface area contributed by atoms with Crippen LogP contribution in [0, 0.1) is 0 Å². The standard InChI is InChI=1S/C26H25N3O3S/c1-3-19-9-6-11-21(17-19)18(2)28-26(30)22-13-4-5-14-23(22)29-33(31,32)24-15-7-10-20-12-8-16-27-25(20)24/h4-18,29H,3H2,1-2H3,(H,28,30)/t18-/m0/s1. The van der Waals surface area contributed by atoms with Crippen LogP contribution in [0.3, 0.4) is 0 Å². The van der Waals surface area contributed by atoms with Gasteiger partial charge in [0.25, 0.3) is 15.9 Å². The zero-order valence-corrected chi connectivity index (χ0v) is 19.3. The molecule has 0 saturated heterocycles. The molecule has 0 bridgehead atoms. The molecule has 0 fully saturated rings. The number of nitrogens with one attached hydrogen (secondary N) is 2. The number of fused-ring (bicyclic) bond motifs is 1. The quantitative estimate of drug-likeness (QED) is 0.403. The van der Waals surface area contributed by atoms with Crippen LogP contribution in [0.4, 0.5) is 5.69 Å². The van der Waals surface area contributed by atoms with Crippen molar-refractivity contribution >= 4 is 32.5 Å². The number of para-hydroxylation sites is 2. The Morgan fingerprint density at radius 3 is 2.55 bits per heavy atom. The van der Waals surface area contributed by atoms with Crippen LogP contribution in [-0.4, -0.2) is 19.3 Å². The van der Waals surface area contributed by atoms with Crippen molar-refractivity contribution < 1.29 is 13.2 Å². The lowest BCUT2D eigenvalue weighted by molar-refractivity contribution is 0.0941. The molecule has 168 valence electrons. The number of pyridine rings is 1. The van der Waals surface area contributed by atoms with E-state index >= 15 is 0 Å². The first-order valence-electron chi connectivity index (χ1n) is 10.7. The van der Waals surface area contributed by atoms with E-state index in [1.807, 2.05) is 25.1 Å². The Labute approximate surface area is 193 Å². The lowest BCUT2D eigenvalue weighted by Gasteiger charge is -2.17. The lowest BCUT2D eigenvalue weighted by atomic mass is 10.0. The summed E-state index contributed by atoms with van der Waals surface area (Å²) < 4.78 is 29.0. The third-order valence-electron chi connectivity index (χ3n) is 5.51. The highest BCUT2D eigenvalue weighted by Crippen LogP contribution is 2.25. The molecule has 1 heterocycles. The fourth-order valence-electron chi connectivity index (χ4n) is 3.70. The van der Waals surface area contributed by atoms with Gasteiger partial charge in [0.2, 0.25) is 0 Å². The number of rotatable bonds is 7. The first-order valence-corrected chi connectivity index (χ1v) is 12.2. The summed E-state index contributed by atoms with van der Waals surface area (Å²) in [6.07, 6.45) is 2.46. The van der Waals surface area contributed by atoms with Crippen LogP contribution < -0.4 is 10.0 Å². The second kappa shape index (κ2) is 9.42. The highest BCUT2D eigenvalue weighted by molar-refractivity contribution is 7.93. The Morgan fingerprint density at radius 2 is 1.73 bits per heavy atom. The molecule has 6 nitrogen and oxygen atoms in total. The number of carbonyl (C=O) groups excluding carboxylic acids is 1. The van der Waals surface area contributed by atoms with Crippen molar-refractivity contribution in [1.82, 2.24) is 10.3 Å². The van der Waals surface area contributed by atoms with E-state index in [2.05, 4.69) is 28.0 Å². The van der Waals surface area contributed by atoms with Crippen molar-refractivity contribution in [2.75, 3.05) is 4.72 Å². The number of benzene rings is 3. The minimum atomic E-state index is -3.98. The molecule has 0 saturated carbocycles. The zero-order chi connectivity index (χ0) is 23.4. The van der Waals surface area contributed by atoms with Crippen LogP contribution in [-0.2, 0) is 16.4 Å². The van der Waals surface area contributed by atoms with Crippen LogP contribution in [0.5, 0.6) is 0 Å². The van der Waals surface area contributed by atoms with Gasteiger partial charge in [-0.25, -0.2) is 8.42 Å². The smallest absolute Gasteiger partial charge is 0.264 e. The van der Waals surface area contributed by atoms with E-state index in [1.165, 1.54) is 11.6 Å². The predicted octanol–water partition coefficient (Wildman–Crippen LogP) is 5.09. The maximum atomic E-state index is 13.2. The van der Waals surface area contributed by atoms with Gasteiger partial charge in [0.05, 0.1) is 22.8 Å². The number of aromatic nitrogens is 1. The molecule has 0 spiro atoms. The van der Waals surface area contributed by atoms with Crippen LogP contribution in [0.15, 0.2) is 90.0 Å². The molecule has 3 aromatic carbocycles. The Bertz CT molecular complexity index is 1410. The van der Waals surface area contributed by atoms with Crippen molar-refractivity contribution in [3.8, 4) is 0 Å². The molecule has 1 aromatic heterocycles. The molecule has 0 radical (unpaired) electrons. The van der Waals surface area contributed by atoms with Gasteiger partial charge in [-0.3, -0.25) is 14.5 Å². The van der Waals surface area contributed by atoms with Gasteiger partial charge in [-0.1, -0.05) is 61.5 Å². The monoisotopic (exact) mass is 459 g/mol. The number of sulfonamides is 1. The summed E-state index contributed by atoms with van der Waals surface area (Å²) in [5.74, 6) is -0.362. The molecule has 33 heavy (non-hydrogen) atoms. The maximum absolute atomic E-state index is 13.2. The molecule has 4 aromatic rings. The molecular weight excluding hydrogens is 434 g/mol. The van der Waals surface area contributed by atoms with Crippen molar-refractivity contribution in [3.05, 3.63) is 102 Å². The van der Waals surface area contributed by atoms with Crippen molar-refractivity contribution in [2.45, 2.75) is 31.2 Å². The molecule has 7 heteroatoms. The normalized spacial score (nSPS) is 12.3. The number of hydrogen-bond donors (Lipinski definition) is 2. The van der Waals surface area contributed by atoms with Gasteiger partial charge in [0.1, 0.15) is 4.90 Å². The largest absolute Gasteiger partial charge is 0.345 e. The highest BCUT2D eigenvalue weighted by atomic mass is 32.2. The van der Waals surface area contributed by atoms with Gasteiger partial charge in [-0.2, -0.15) is 0 Å². The van der Waals surface area contributed by atoms with E-state index in [0.29, 0.717) is 5.52 Å². The molecule has 0 aliphatic carbocycles. The van der Waals surface area contributed by atoms with Gasteiger partial charge < -0.3 is 5.32 Å². The topological polar surface area (TPSA) is 88.2 Å². The van der Waals surface area contributed by atoms with Crippen LogP contribution in [0.25, 0.3) is 10.9 Å². The summed E-state index contributed by atoms with van der Waals surface area (Å²) in [6, 6.07) is 22.9. The first-order chi connectivity index (χ1) is 15.9. The molecule has 0 unspecified atom stereocenters. The zero-order valence-electron chi connectivity index (χ0n) is 18.4. The molecule has 0 aliphatic rings. The Hall–Kier alpha value is -3.71. The van der Waals surface area contributed by atoms with Gasteiger partial charge in [-0.15, -0.1) is 0 Å². The molecule has 0 aliphatic heterocycles. The summed E-state index contributed by atoms with van der Waals surface area (Å²) in [4.78, 5) is 17.4. The molecule has 1 atom stereocenters. The average molecular weight is 460 g/mol. The van der Waals surface area contributed by atoms with E-state index in [-0.39, 0.29) is 28.1 Å². The average Bonchev–Trinajstić information content (AvgIpc) is 2.83. The minimum absolute atomic E-state index is 0.0561. The Balaban J connectivity index is 1.61. The van der Waals surface area contributed by atoms with Crippen LogP contribution in [0.2, 0.25) is 0 Å². The molecule has 1 amide bonds. The third-order valence-corrected chi connectivity index (χ3v) is 6.91. The number of amides is 1. The van der Waals surface area contributed by atoms with E-state index in [4.69, 9.17) is 0 Å². The molecular formula is C26H25N3O3S. The van der Waals surface area contributed by atoms with Crippen molar-refractivity contribution in [1.29, 1.82) is 0 Å². The number of anilines is 1. The Kier molecular flexibility index (Phi) is 6.42. The molecule has 2 N–H and O–H groups in total. The van der Waals surface area contributed by atoms with E-state index in [9.17, 15) is 13.2 Å². The number of carbonyl (C=O) groups is 1. The van der Waals surface area contributed by atoms with E-state index in [1.54, 1.807) is 54.7 Å². The lowest BCUT2D eigenvalue weighted by Crippen LogP contribution is -2.28. The van der Waals surface area contributed by atoms with Crippen LogP contribution >= 0.6 is 0 Å². The summed E-state index contributed by atoms with van der Waals surface area (Å²) in [7, 11) is -3.98. The summed E-state index contributed by atoms with van der Waals surface area (Å²) in [5, 5.41) is 3.69. The SMILES string of the molecule is CCc1cccc([C@H](C)NC(=O)c2ccccc2NS(=O)(=O)c2cccc3cccnc23)c1. The fourth-order valence-corrected chi connectivity index (χ4v) is 4.96. The maximum Gasteiger partial charge on any atom is 0.264 e. The van der Waals surface area contributed by atoms with Crippen molar-refractivity contribution in [3.63, 3.8) is 0 Å². The Morgan fingerprint density at radius 1 is 0.970 bits per heavy atom. The molecule has 4 rings (SSSR count). The van der Waals surface area contributed by atoms with Crippen molar-refractivity contribution in [2.24, 2.45) is 0 Å². The van der Waals surface area contributed by atoms with Gasteiger partial charge >= 0.3 is 0 Å². The first kappa shape index (κ1) is 22.5.